The number of thioether (sulfide) groups is 1. The molecule has 0 spiro atoms. The van der Waals surface area contributed by atoms with Gasteiger partial charge in [0.25, 0.3) is 0 Å². The molecule has 2 N–H and O–H groups in total. The second-order valence-corrected chi connectivity index (χ2v) is 5.30. The van der Waals surface area contributed by atoms with Crippen molar-refractivity contribution in [3.8, 4) is 0 Å². The molecule has 0 aromatic heterocycles. The van der Waals surface area contributed by atoms with E-state index in [2.05, 4.69) is 0 Å². The number of hydrogen-bond donors (Lipinski definition) is 1. The van der Waals surface area contributed by atoms with Crippen LogP contribution in [-0.4, -0.2) is 11.8 Å². The van der Waals surface area contributed by atoms with E-state index in [0.717, 1.165) is 29.4 Å². The molecule has 1 saturated carbocycles. The van der Waals surface area contributed by atoms with E-state index in [9.17, 15) is 4.39 Å². The van der Waals surface area contributed by atoms with Crippen LogP contribution in [-0.2, 0) is 0 Å². The van der Waals surface area contributed by atoms with Crippen LogP contribution in [0.4, 0.5) is 4.39 Å². The summed E-state index contributed by atoms with van der Waals surface area (Å²) in [5.41, 5.74) is 5.86. The molecule has 1 aromatic rings. The Hall–Kier alpha value is -0.540. The van der Waals surface area contributed by atoms with Crippen molar-refractivity contribution in [2.24, 2.45) is 11.7 Å². The number of benzene rings is 1. The average Bonchev–Trinajstić information content (AvgIpc) is 2.64. The zero-order valence-electron chi connectivity index (χ0n) is 8.66. The molecule has 0 aliphatic heterocycles. The van der Waals surface area contributed by atoms with Crippen molar-refractivity contribution in [2.75, 3.05) is 5.75 Å². The predicted molar refractivity (Wildman–Crippen MR) is 62.4 cm³/mol. The van der Waals surface area contributed by atoms with E-state index < -0.39 is 0 Å². The third-order valence-corrected chi connectivity index (χ3v) is 4.12. The minimum absolute atomic E-state index is 0.165. The highest BCUT2D eigenvalue weighted by atomic mass is 32.2. The molecule has 0 amide bonds. The second-order valence-electron chi connectivity index (χ2n) is 4.20. The van der Waals surface area contributed by atoms with Gasteiger partial charge >= 0.3 is 0 Å². The van der Waals surface area contributed by atoms with Crippen LogP contribution >= 0.6 is 11.8 Å². The van der Waals surface area contributed by atoms with Gasteiger partial charge in [0, 0.05) is 16.7 Å². The Bertz CT molecular complexity index is 312. The molecular formula is C12H16FNS. The van der Waals surface area contributed by atoms with Crippen molar-refractivity contribution < 1.29 is 4.39 Å². The van der Waals surface area contributed by atoms with E-state index >= 15 is 0 Å². The third kappa shape index (κ3) is 3.21. The average molecular weight is 225 g/mol. The van der Waals surface area contributed by atoms with Crippen molar-refractivity contribution >= 4 is 11.8 Å². The fraction of sp³-hybridized carbons (Fsp3) is 0.500. The van der Waals surface area contributed by atoms with Gasteiger partial charge in [0.05, 0.1) is 0 Å². The van der Waals surface area contributed by atoms with E-state index in [4.69, 9.17) is 5.73 Å². The summed E-state index contributed by atoms with van der Waals surface area (Å²) in [7, 11) is 0. The fourth-order valence-corrected chi connectivity index (χ4v) is 3.07. The molecule has 1 nitrogen and oxygen atoms in total. The first-order chi connectivity index (χ1) is 7.24. The molecule has 3 heteroatoms. The van der Waals surface area contributed by atoms with Gasteiger partial charge in [-0.15, -0.1) is 11.8 Å². The van der Waals surface area contributed by atoms with E-state index in [1.54, 1.807) is 11.8 Å². The number of halogens is 1. The molecule has 1 aliphatic carbocycles. The fourth-order valence-electron chi connectivity index (χ4n) is 2.01. The lowest BCUT2D eigenvalue weighted by molar-refractivity contribution is 0.603. The minimum Gasteiger partial charge on any atom is -0.328 e. The van der Waals surface area contributed by atoms with E-state index in [0.29, 0.717) is 6.04 Å². The van der Waals surface area contributed by atoms with Gasteiger partial charge in [-0.25, -0.2) is 4.39 Å². The summed E-state index contributed by atoms with van der Waals surface area (Å²) in [6.45, 7) is 0. The highest BCUT2D eigenvalue weighted by molar-refractivity contribution is 7.99. The van der Waals surface area contributed by atoms with E-state index in [1.165, 1.54) is 18.6 Å². The Morgan fingerprint density at radius 3 is 2.60 bits per heavy atom. The summed E-state index contributed by atoms with van der Waals surface area (Å²) in [6, 6.07) is 7.12. The predicted octanol–water partition coefficient (Wildman–Crippen LogP) is 3.05. The van der Waals surface area contributed by atoms with Crippen LogP contribution in [0.25, 0.3) is 0 Å². The zero-order valence-corrected chi connectivity index (χ0v) is 9.47. The van der Waals surface area contributed by atoms with Gasteiger partial charge in [-0.05, 0) is 49.4 Å². The summed E-state index contributed by atoms with van der Waals surface area (Å²) in [5, 5.41) is 0. The molecule has 0 heterocycles. The van der Waals surface area contributed by atoms with E-state index in [1.807, 2.05) is 12.1 Å². The van der Waals surface area contributed by atoms with Gasteiger partial charge in [-0.1, -0.05) is 0 Å². The summed E-state index contributed by atoms with van der Waals surface area (Å²) in [5.74, 6) is 1.69. The van der Waals surface area contributed by atoms with Crippen molar-refractivity contribution in [3.05, 3.63) is 30.1 Å². The van der Waals surface area contributed by atoms with Crippen molar-refractivity contribution in [3.63, 3.8) is 0 Å². The standard InChI is InChI=1S/C12H16FNS/c13-10-2-5-12(6-3-10)15-8-9-1-4-11(14)7-9/h2-3,5-6,9,11H,1,4,7-8,14H2/t9-,11+/m0/s1. The van der Waals surface area contributed by atoms with Crippen LogP contribution in [0.2, 0.25) is 0 Å². The molecule has 0 unspecified atom stereocenters. The van der Waals surface area contributed by atoms with Crippen molar-refractivity contribution in [1.82, 2.24) is 0 Å². The third-order valence-electron chi connectivity index (χ3n) is 2.88. The number of nitrogens with two attached hydrogens (primary N) is 1. The number of hydrogen-bond acceptors (Lipinski definition) is 2. The first-order valence-corrected chi connectivity index (χ1v) is 6.36. The Morgan fingerprint density at radius 2 is 2.00 bits per heavy atom. The molecule has 1 aromatic carbocycles. The van der Waals surface area contributed by atoms with Crippen molar-refractivity contribution in [2.45, 2.75) is 30.2 Å². The second kappa shape index (κ2) is 4.99. The van der Waals surface area contributed by atoms with E-state index in [-0.39, 0.29) is 5.82 Å². The lowest BCUT2D eigenvalue weighted by Crippen LogP contribution is -2.15. The Labute approximate surface area is 94.2 Å². The number of rotatable bonds is 3. The maximum absolute atomic E-state index is 12.7. The summed E-state index contributed by atoms with van der Waals surface area (Å²) in [4.78, 5) is 1.15. The molecule has 0 bridgehead atoms. The van der Waals surface area contributed by atoms with Gasteiger partial charge in [-0.3, -0.25) is 0 Å². The zero-order chi connectivity index (χ0) is 10.7. The topological polar surface area (TPSA) is 26.0 Å². The molecule has 0 radical (unpaired) electrons. The largest absolute Gasteiger partial charge is 0.328 e. The summed E-state index contributed by atoms with van der Waals surface area (Å²) in [6.07, 6.45) is 3.55. The van der Waals surface area contributed by atoms with Gasteiger partial charge in [0.2, 0.25) is 0 Å². The molecule has 0 saturated heterocycles. The normalized spacial score (nSPS) is 25.7. The van der Waals surface area contributed by atoms with Gasteiger partial charge in [-0.2, -0.15) is 0 Å². The van der Waals surface area contributed by atoms with Crippen LogP contribution < -0.4 is 5.73 Å². The van der Waals surface area contributed by atoms with Crippen LogP contribution in [0.5, 0.6) is 0 Å². The maximum Gasteiger partial charge on any atom is 0.123 e. The molecule has 82 valence electrons. The molecule has 2 rings (SSSR count). The highest BCUT2D eigenvalue weighted by Gasteiger charge is 2.21. The Balaban J connectivity index is 1.80. The molecular weight excluding hydrogens is 209 g/mol. The Morgan fingerprint density at radius 1 is 1.27 bits per heavy atom. The molecule has 1 fully saturated rings. The summed E-state index contributed by atoms with van der Waals surface area (Å²) < 4.78 is 12.7. The minimum atomic E-state index is -0.165. The molecule has 2 atom stereocenters. The monoisotopic (exact) mass is 225 g/mol. The SMILES string of the molecule is N[C@@H]1CC[C@H](CSc2ccc(F)cc2)C1. The van der Waals surface area contributed by atoms with Crippen molar-refractivity contribution in [1.29, 1.82) is 0 Å². The first-order valence-electron chi connectivity index (χ1n) is 5.38. The van der Waals surface area contributed by atoms with Crippen LogP contribution in [0.15, 0.2) is 29.2 Å². The van der Waals surface area contributed by atoms with Crippen LogP contribution in [0.1, 0.15) is 19.3 Å². The van der Waals surface area contributed by atoms with Crippen LogP contribution in [0, 0.1) is 11.7 Å². The first kappa shape index (κ1) is 11.0. The smallest absolute Gasteiger partial charge is 0.123 e. The molecule has 15 heavy (non-hydrogen) atoms. The highest BCUT2D eigenvalue weighted by Crippen LogP contribution is 2.30. The van der Waals surface area contributed by atoms with Gasteiger partial charge in [0.15, 0.2) is 0 Å². The lowest BCUT2D eigenvalue weighted by Gasteiger charge is -2.08. The Kier molecular flexibility index (Phi) is 3.65. The quantitative estimate of drug-likeness (QED) is 0.800. The lowest BCUT2D eigenvalue weighted by atomic mass is 10.1. The summed E-state index contributed by atoms with van der Waals surface area (Å²) >= 11 is 1.81. The van der Waals surface area contributed by atoms with Crippen LogP contribution in [0.3, 0.4) is 0 Å². The van der Waals surface area contributed by atoms with Gasteiger partial charge < -0.3 is 5.73 Å². The van der Waals surface area contributed by atoms with Gasteiger partial charge in [0.1, 0.15) is 5.82 Å². The molecule has 1 aliphatic rings. The maximum atomic E-state index is 12.7.